The van der Waals surface area contributed by atoms with E-state index in [1.165, 1.54) is 0 Å². The van der Waals surface area contributed by atoms with Crippen LogP contribution in [-0.4, -0.2) is 51.3 Å². The van der Waals surface area contributed by atoms with E-state index in [9.17, 15) is 9.59 Å². The molecule has 1 aliphatic carbocycles. The van der Waals surface area contributed by atoms with Crippen molar-refractivity contribution in [2.75, 3.05) is 33.0 Å². The fourth-order valence-electron chi connectivity index (χ4n) is 4.31. The van der Waals surface area contributed by atoms with Gasteiger partial charge in [-0.05, 0) is 44.1 Å². The van der Waals surface area contributed by atoms with Gasteiger partial charge in [0.05, 0.1) is 26.4 Å². The number of carbonyl (C=O) groups is 2. The molecular weight excluding hydrogens is 400 g/mol. The van der Waals surface area contributed by atoms with Crippen LogP contribution in [0.2, 0.25) is 0 Å². The van der Waals surface area contributed by atoms with Crippen LogP contribution in [0.15, 0.2) is 30.3 Å². The van der Waals surface area contributed by atoms with Gasteiger partial charge in [-0.1, -0.05) is 30.3 Å². The van der Waals surface area contributed by atoms with Gasteiger partial charge in [-0.3, -0.25) is 4.79 Å². The molecule has 1 saturated carbocycles. The predicted octanol–water partition coefficient (Wildman–Crippen LogP) is 4.13. The third-order valence-electron chi connectivity index (χ3n) is 5.97. The standard InChI is InChI=1S/C24H34O7/c1-2-28-24(26)31-16-19-14-22(25)20(11-13-27-15-18-8-4-3-5-9-18)21(19)17-30-23-10-6-7-12-29-23/h3-5,8-9,19-21,23H,2,6-7,10-17H2,1H3/t19-,20+,21-,23?/m0/s1. The van der Waals surface area contributed by atoms with Gasteiger partial charge in [0.25, 0.3) is 0 Å². The van der Waals surface area contributed by atoms with Crippen LogP contribution >= 0.6 is 0 Å². The maximum atomic E-state index is 12.8. The molecule has 3 rings (SSSR count). The predicted molar refractivity (Wildman–Crippen MR) is 113 cm³/mol. The fraction of sp³-hybridized carbons (Fsp3) is 0.667. The van der Waals surface area contributed by atoms with Crippen molar-refractivity contribution >= 4 is 11.9 Å². The molecule has 1 aromatic carbocycles. The van der Waals surface area contributed by atoms with Gasteiger partial charge in [0.1, 0.15) is 5.78 Å². The molecule has 31 heavy (non-hydrogen) atoms. The van der Waals surface area contributed by atoms with E-state index in [0.717, 1.165) is 24.8 Å². The summed E-state index contributed by atoms with van der Waals surface area (Å²) >= 11 is 0. The molecule has 2 fully saturated rings. The van der Waals surface area contributed by atoms with Crippen LogP contribution in [0.3, 0.4) is 0 Å². The molecule has 0 spiro atoms. The molecule has 0 aromatic heterocycles. The normalized spacial score (nSPS) is 26.0. The number of ketones is 1. The van der Waals surface area contributed by atoms with Gasteiger partial charge >= 0.3 is 6.16 Å². The fourth-order valence-corrected chi connectivity index (χ4v) is 4.31. The number of hydrogen-bond donors (Lipinski definition) is 0. The van der Waals surface area contributed by atoms with E-state index >= 15 is 0 Å². The number of benzene rings is 1. The highest BCUT2D eigenvalue weighted by atomic mass is 16.7. The van der Waals surface area contributed by atoms with Crippen LogP contribution in [0.1, 0.15) is 44.6 Å². The SMILES string of the molecule is CCOC(=O)OC[C@@H]1CC(=O)[C@H](CCOCc2ccccc2)[C@H]1COC1CCCCO1. The van der Waals surface area contributed by atoms with E-state index in [1.807, 2.05) is 30.3 Å². The van der Waals surface area contributed by atoms with Crippen molar-refractivity contribution in [1.29, 1.82) is 0 Å². The molecule has 0 radical (unpaired) electrons. The molecule has 1 saturated heterocycles. The van der Waals surface area contributed by atoms with Gasteiger partial charge in [-0.25, -0.2) is 4.79 Å². The Balaban J connectivity index is 1.53. The molecule has 172 valence electrons. The molecule has 7 heteroatoms. The van der Waals surface area contributed by atoms with Gasteiger partial charge in [0.15, 0.2) is 6.29 Å². The first kappa shape index (κ1) is 23.7. The van der Waals surface area contributed by atoms with Crippen molar-refractivity contribution < 1.29 is 33.3 Å². The Kier molecular flexibility index (Phi) is 9.78. The monoisotopic (exact) mass is 434 g/mol. The van der Waals surface area contributed by atoms with Gasteiger partial charge in [0.2, 0.25) is 0 Å². The summed E-state index contributed by atoms with van der Waals surface area (Å²) in [4.78, 5) is 24.4. The molecule has 1 heterocycles. The Morgan fingerprint density at radius 1 is 1.13 bits per heavy atom. The first-order valence-electron chi connectivity index (χ1n) is 11.3. The minimum Gasteiger partial charge on any atom is -0.435 e. The second kappa shape index (κ2) is 12.8. The maximum absolute atomic E-state index is 12.8. The Labute approximate surface area is 184 Å². The zero-order chi connectivity index (χ0) is 21.9. The van der Waals surface area contributed by atoms with Crippen LogP contribution in [-0.2, 0) is 35.1 Å². The van der Waals surface area contributed by atoms with Crippen LogP contribution in [0, 0.1) is 17.8 Å². The summed E-state index contributed by atoms with van der Waals surface area (Å²) in [5.41, 5.74) is 1.11. The van der Waals surface area contributed by atoms with Crippen molar-refractivity contribution in [3.8, 4) is 0 Å². The number of carbonyl (C=O) groups excluding carboxylic acids is 2. The Hall–Kier alpha value is -1.96. The van der Waals surface area contributed by atoms with Gasteiger partial charge < -0.3 is 23.7 Å². The van der Waals surface area contributed by atoms with Crippen LogP contribution in [0.25, 0.3) is 0 Å². The lowest BCUT2D eigenvalue weighted by Gasteiger charge is -2.28. The van der Waals surface area contributed by atoms with Gasteiger partial charge in [0, 0.05) is 31.5 Å². The van der Waals surface area contributed by atoms with Crippen LogP contribution in [0.4, 0.5) is 4.79 Å². The highest BCUT2D eigenvalue weighted by molar-refractivity contribution is 5.84. The van der Waals surface area contributed by atoms with E-state index in [0.29, 0.717) is 39.3 Å². The van der Waals surface area contributed by atoms with Gasteiger partial charge in [-0.2, -0.15) is 0 Å². The lowest BCUT2D eigenvalue weighted by molar-refractivity contribution is -0.174. The summed E-state index contributed by atoms with van der Waals surface area (Å²) in [6.07, 6.45) is 3.10. The van der Waals surface area contributed by atoms with E-state index in [1.54, 1.807) is 6.92 Å². The van der Waals surface area contributed by atoms with E-state index < -0.39 is 6.16 Å². The smallest absolute Gasteiger partial charge is 0.435 e. The summed E-state index contributed by atoms with van der Waals surface area (Å²) in [5.74, 6) is -0.110. The van der Waals surface area contributed by atoms with E-state index in [-0.39, 0.29) is 43.0 Å². The van der Waals surface area contributed by atoms with Crippen molar-refractivity contribution in [2.24, 2.45) is 17.8 Å². The second-order valence-electron chi connectivity index (χ2n) is 8.15. The third kappa shape index (κ3) is 7.59. The average Bonchev–Trinajstić information content (AvgIpc) is 3.09. The molecule has 1 aromatic rings. The molecule has 4 atom stereocenters. The quantitative estimate of drug-likeness (QED) is 0.383. The first-order valence-corrected chi connectivity index (χ1v) is 11.3. The second-order valence-corrected chi connectivity index (χ2v) is 8.15. The van der Waals surface area contributed by atoms with Crippen molar-refractivity contribution in [1.82, 2.24) is 0 Å². The molecule has 1 aliphatic heterocycles. The molecule has 7 nitrogen and oxygen atoms in total. The molecule has 0 amide bonds. The highest BCUT2D eigenvalue weighted by Gasteiger charge is 2.43. The van der Waals surface area contributed by atoms with E-state index in [2.05, 4.69) is 0 Å². The zero-order valence-electron chi connectivity index (χ0n) is 18.3. The average molecular weight is 435 g/mol. The summed E-state index contributed by atoms with van der Waals surface area (Å²) in [6.45, 7) is 4.28. The minimum atomic E-state index is -0.695. The van der Waals surface area contributed by atoms with Crippen molar-refractivity contribution in [3.63, 3.8) is 0 Å². The number of hydrogen-bond acceptors (Lipinski definition) is 7. The third-order valence-corrected chi connectivity index (χ3v) is 5.97. The number of ether oxygens (including phenoxy) is 5. The zero-order valence-corrected chi connectivity index (χ0v) is 18.3. The lowest BCUT2D eigenvalue weighted by Crippen LogP contribution is -2.31. The van der Waals surface area contributed by atoms with Gasteiger partial charge in [-0.15, -0.1) is 0 Å². The number of Topliss-reactive ketones (excluding diaryl/α,β-unsaturated/α-hetero) is 1. The van der Waals surface area contributed by atoms with Crippen molar-refractivity contribution in [3.05, 3.63) is 35.9 Å². The summed E-state index contributed by atoms with van der Waals surface area (Å²) in [7, 11) is 0. The Bertz CT molecular complexity index is 672. The summed E-state index contributed by atoms with van der Waals surface area (Å²) < 4.78 is 27.6. The summed E-state index contributed by atoms with van der Waals surface area (Å²) in [5, 5.41) is 0. The Morgan fingerprint density at radius 3 is 2.71 bits per heavy atom. The largest absolute Gasteiger partial charge is 0.508 e. The topological polar surface area (TPSA) is 80.3 Å². The molecule has 2 aliphatic rings. The maximum Gasteiger partial charge on any atom is 0.508 e. The minimum absolute atomic E-state index is 0.0345. The molecular formula is C24H34O7. The number of rotatable bonds is 11. The van der Waals surface area contributed by atoms with Crippen molar-refractivity contribution in [2.45, 2.75) is 51.9 Å². The van der Waals surface area contributed by atoms with Crippen LogP contribution in [0.5, 0.6) is 0 Å². The van der Waals surface area contributed by atoms with E-state index in [4.69, 9.17) is 23.7 Å². The molecule has 0 bridgehead atoms. The summed E-state index contributed by atoms with van der Waals surface area (Å²) in [6, 6.07) is 9.97. The van der Waals surface area contributed by atoms with Crippen LogP contribution < -0.4 is 0 Å². The lowest BCUT2D eigenvalue weighted by atomic mass is 9.88. The highest BCUT2D eigenvalue weighted by Crippen LogP contribution is 2.37. The first-order chi connectivity index (χ1) is 15.2. The molecule has 1 unspecified atom stereocenters. The molecule has 0 N–H and O–H groups in total. The Morgan fingerprint density at radius 2 is 1.97 bits per heavy atom.